The van der Waals surface area contributed by atoms with Crippen LogP contribution in [0, 0.1) is 13.8 Å². The summed E-state index contributed by atoms with van der Waals surface area (Å²) in [4.78, 5) is 20.7. The van der Waals surface area contributed by atoms with Crippen LogP contribution < -0.4 is 10.2 Å². The summed E-state index contributed by atoms with van der Waals surface area (Å²) in [6.45, 7) is 8.42. The van der Waals surface area contributed by atoms with Crippen LogP contribution in [0.15, 0.2) is 29.8 Å². The van der Waals surface area contributed by atoms with E-state index in [1.54, 1.807) is 6.20 Å². The average Bonchev–Trinajstić information content (AvgIpc) is 3.03. The van der Waals surface area contributed by atoms with Crippen molar-refractivity contribution in [3.05, 3.63) is 40.9 Å². The topological polar surface area (TPSA) is 48.5 Å². The number of hydrogen-bond acceptors (Lipinski definition) is 5. The van der Waals surface area contributed by atoms with Gasteiger partial charge >= 0.3 is 0 Å². The van der Waals surface area contributed by atoms with Crippen molar-refractivity contribution in [2.75, 3.05) is 42.9 Å². The number of rotatable bonds is 4. The highest BCUT2D eigenvalue weighted by Gasteiger charge is 2.20. The Morgan fingerprint density at radius 2 is 2.04 bits per heavy atom. The fourth-order valence-electron chi connectivity index (χ4n) is 2.85. The first-order valence-electron chi connectivity index (χ1n) is 7.86. The lowest BCUT2D eigenvalue weighted by molar-refractivity contribution is -0.117. The minimum atomic E-state index is 0.0140. The Morgan fingerprint density at radius 3 is 2.74 bits per heavy atom. The maximum Gasteiger partial charge on any atom is 0.240 e. The summed E-state index contributed by atoms with van der Waals surface area (Å²) in [5, 5.41) is 5.37. The van der Waals surface area contributed by atoms with Crippen molar-refractivity contribution in [1.82, 2.24) is 9.88 Å². The number of piperazine rings is 1. The summed E-state index contributed by atoms with van der Waals surface area (Å²) in [6, 6.07) is 6.58. The van der Waals surface area contributed by atoms with Crippen molar-refractivity contribution in [3.8, 4) is 0 Å². The molecule has 1 fully saturated rings. The Hall–Kier alpha value is -1.92. The molecule has 23 heavy (non-hydrogen) atoms. The van der Waals surface area contributed by atoms with Gasteiger partial charge in [-0.15, -0.1) is 11.3 Å². The van der Waals surface area contributed by atoms with Crippen LogP contribution in [0.25, 0.3) is 0 Å². The maximum absolute atomic E-state index is 12.0. The molecule has 1 N–H and O–H groups in total. The lowest BCUT2D eigenvalue weighted by Gasteiger charge is -2.36. The van der Waals surface area contributed by atoms with Crippen LogP contribution in [0.3, 0.4) is 0 Å². The Bertz CT molecular complexity index is 663. The molecule has 0 radical (unpaired) electrons. The lowest BCUT2D eigenvalue weighted by atomic mass is 10.1. The van der Waals surface area contributed by atoms with Crippen LogP contribution in [0.2, 0.25) is 0 Å². The second kappa shape index (κ2) is 7.10. The molecule has 1 aliphatic heterocycles. The van der Waals surface area contributed by atoms with Crippen molar-refractivity contribution in [2.45, 2.75) is 13.8 Å². The van der Waals surface area contributed by atoms with Crippen molar-refractivity contribution in [3.63, 3.8) is 0 Å². The number of carbonyl (C=O) groups is 1. The summed E-state index contributed by atoms with van der Waals surface area (Å²) in [5.41, 5.74) is 3.92. The molecule has 1 aliphatic rings. The monoisotopic (exact) mass is 330 g/mol. The fourth-order valence-corrected chi connectivity index (χ4v) is 3.40. The number of hydrogen-bond donors (Lipinski definition) is 1. The lowest BCUT2D eigenvalue weighted by Crippen LogP contribution is -2.48. The molecule has 0 bridgehead atoms. The quantitative estimate of drug-likeness (QED) is 0.936. The molecule has 0 saturated carbocycles. The van der Waals surface area contributed by atoms with Crippen LogP contribution >= 0.6 is 11.3 Å². The van der Waals surface area contributed by atoms with Gasteiger partial charge < -0.3 is 10.2 Å². The Morgan fingerprint density at radius 1 is 1.26 bits per heavy atom. The van der Waals surface area contributed by atoms with Crippen LogP contribution in [-0.4, -0.2) is 48.5 Å². The van der Waals surface area contributed by atoms with Gasteiger partial charge in [0.25, 0.3) is 0 Å². The fraction of sp³-hybridized carbons (Fsp3) is 0.412. The van der Waals surface area contributed by atoms with E-state index in [1.165, 1.54) is 28.2 Å². The third-order valence-electron chi connectivity index (χ3n) is 4.12. The van der Waals surface area contributed by atoms with Gasteiger partial charge in [0, 0.05) is 43.4 Å². The van der Waals surface area contributed by atoms with E-state index in [0.29, 0.717) is 11.7 Å². The minimum Gasteiger partial charge on any atom is -0.369 e. The van der Waals surface area contributed by atoms with E-state index in [0.717, 1.165) is 26.2 Å². The second-order valence-corrected chi connectivity index (χ2v) is 6.83. The van der Waals surface area contributed by atoms with Crippen molar-refractivity contribution in [2.24, 2.45) is 0 Å². The molecule has 0 atom stereocenters. The highest BCUT2D eigenvalue weighted by molar-refractivity contribution is 7.13. The summed E-state index contributed by atoms with van der Waals surface area (Å²) < 4.78 is 0. The number of thiazole rings is 1. The summed E-state index contributed by atoms with van der Waals surface area (Å²) >= 11 is 1.44. The van der Waals surface area contributed by atoms with Gasteiger partial charge in [-0.3, -0.25) is 9.69 Å². The SMILES string of the molecule is Cc1ccc(C)c(N2CCN(CC(=O)Nc3nccs3)CC2)c1. The summed E-state index contributed by atoms with van der Waals surface area (Å²) in [6.07, 6.45) is 1.70. The van der Waals surface area contributed by atoms with E-state index in [4.69, 9.17) is 0 Å². The third-order valence-corrected chi connectivity index (χ3v) is 4.81. The van der Waals surface area contributed by atoms with Crippen molar-refractivity contribution < 1.29 is 4.79 Å². The third kappa shape index (κ3) is 4.09. The largest absolute Gasteiger partial charge is 0.369 e. The summed E-state index contributed by atoms with van der Waals surface area (Å²) in [5.74, 6) is 0.0140. The van der Waals surface area contributed by atoms with Crippen LogP contribution in [-0.2, 0) is 4.79 Å². The first-order chi connectivity index (χ1) is 11.1. The molecule has 1 aromatic heterocycles. The van der Waals surface area contributed by atoms with E-state index in [1.807, 2.05) is 5.38 Å². The molecule has 1 amide bonds. The van der Waals surface area contributed by atoms with E-state index in [9.17, 15) is 4.79 Å². The van der Waals surface area contributed by atoms with Gasteiger partial charge in [-0.1, -0.05) is 12.1 Å². The zero-order valence-electron chi connectivity index (χ0n) is 13.6. The minimum absolute atomic E-state index is 0.0140. The molecule has 0 aliphatic carbocycles. The predicted molar refractivity (Wildman–Crippen MR) is 95.3 cm³/mol. The molecule has 1 aromatic carbocycles. The molecule has 0 spiro atoms. The van der Waals surface area contributed by atoms with Gasteiger partial charge in [0.1, 0.15) is 0 Å². The van der Waals surface area contributed by atoms with Crippen molar-refractivity contribution in [1.29, 1.82) is 0 Å². The van der Waals surface area contributed by atoms with Crippen molar-refractivity contribution >= 4 is 28.1 Å². The normalized spacial score (nSPS) is 15.7. The number of nitrogens with zero attached hydrogens (tertiary/aromatic N) is 3. The molecular formula is C17H22N4OS. The Labute approximate surface area is 140 Å². The van der Waals surface area contributed by atoms with E-state index >= 15 is 0 Å². The van der Waals surface area contributed by atoms with Gasteiger partial charge in [0.15, 0.2) is 5.13 Å². The molecule has 3 rings (SSSR count). The molecule has 5 nitrogen and oxygen atoms in total. The van der Waals surface area contributed by atoms with Gasteiger partial charge in [0.2, 0.25) is 5.91 Å². The standard InChI is InChI=1S/C17H22N4OS/c1-13-3-4-14(2)15(11-13)21-8-6-20(7-9-21)12-16(22)19-17-18-5-10-23-17/h3-5,10-11H,6-9,12H2,1-2H3,(H,18,19,22). The molecule has 122 valence electrons. The number of anilines is 2. The maximum atomic E-state index is 12.0. The van der Waals surface area contributed by atoms with Crippen LogP contribution in [0.4, 0.5) is 10.8 Å². The summed E-state index contributed by atoms with van der Waals surface area (Å²) in [7, 11) is 0. The first kappa shape index (κ1) is 16.0. The number of aryl methyl sites for hydroxylation is 2. The van der Waals surface area contributed by atoms with Gasteiger partial charge in [0.05, 0.1) is 6.54 Å². The first-order valence-corrected chi connectivity index (χ1v) is 8.74. The number of aromatic nitrogens is 1. The number of carbonyl (C=O) groups excluding carboxylic acids is 1. The van der Waals surface area contributed by atoms with Gasteiger partial charge in [-0.05, 0) is 31.0 Å². The Balaban J connectivity index is 1.52. The molecule has 2 heterocycles. The van der Waals surface area contributed by atoms with Crippen LogP contribution in [0.5, 0.6) is 0 Å². The highest BCUT2D eigenvalue weighted by Crippen LogP contribution is 2.22. The predicted octanol–water partition coefficient (Wildman–Crippen LogP) is 2.52. The van der Waals surface area contributed by atoms with Crippen LogP contribution in [0.1, 0.15) is 11.1 Å². The number of amides is 1. The van der Waals surface area contributed by atoms with E-state index < -0.39 is 0 Å². The zero-order chi connectivity index (χ0) is 16.2. The van der Waals surface area contributed by atoms with E-state index in [2.05, 4.69) is 52.1 Å². The number of nitrogens with one attached hydrogen (secondary N) is 1. The molecular weight excluding hydrogens is 308 g/mol. The van der Waals surface area contributed by atoms with Gasteiger partial charge in [-0.2, -0.15) is 0 Å². The molecule has 0 unspecified atom stereocenters. The molecule has 2 aromatic rings. The Kier molecular flexibility index (Phi) is 4.93. The van der Waals surface area contributed by atoms with Gasteiger partial charge in [-0.25, -0.2) is 4.98 Å². The zero-order valence-corrected chi connectivity index (χ0v) is 14.4. The number of benzene rings is 1. The molecule has 1 saturated heterocycles. The smallest absolute Gasteiger partial charge is 0.240 e. The highest BCUT2D eigenvalue weighted by atomic mass is 32.1. The van der Waals surface area contributed by atoms with E-state index in [-0.39, 0.29) is 5.91 Å². The average molecular weight is 330 g/mol. The second-order valence-electron chi connectivity index (χ2n) is 5.94. The molecule has 6 heteroatoms.